The van der Waals surface area contributed by atoms with E-state index in [0.29, 0.717) is 16.8 Å². The summed E-state index contributed by atoms with van der Waals surface area (Å²) >= 11 is 5.83. The van der Waals surface area contributed by atoms with Crippen LogP contribution in [-0.4, -0.2) is 28.2 Å². The summed E-state index contributed by atoms with van der Waals surface area (Å²) < 4.78 is 5.24. The predicted molar refractivity (Wildman–Crippen MR) is 63.9 cm³/mol. The van der Waals surface area contributed by atoms with E-state index in [-0.39, 0.29) is 0 Å². The van der Waals surface area contributed by atoms with E-state index in [0.717, 1.165) is 37.4 Å². The van der Waals surface area contributed by atoms with Gasteiger partial charge in [0.1, 0.15) is 5.69 Å². The molecule has 1 saturated heterocycles. The molecule has 0 aromatic carbocycles. The van der Waals surface area contributed by atoms with Gasteiger partial charge >= 0.3 is 0 Å². The van der Waals surface area contributed by atoms with E-state index in [1.165, 1.54) is 0 Å². The number of halogens is 1. The zero-order chi connectivity index (χ0) is 11.7. The Hall–Kier alpha value is -1.33. The second kappa shape index (κ2) is 4.50. The maximum atomic E-state index is 5.83. The Morgan fingerprint density at radius 2 is 2.41 bits per heavy atom. The highest BCUT2D eigenvalue weighted by Crippen LogP contribution is 2.24. The molecule has 6 heteroatoms. The van der Waals surface area contributed by atoms with Crippen LogP contribution >= 0.6 is 11.6 Å². The van der Waals surface area contributed by atoms with Crippen LogP contribution in [0.25, 0.3) is 11.6 Å². The van der Waals surface area contributed by atoms with E-state index in [4.69, 9.17) is 16.1 Å². The minimum absolute atomic E-state index is 0.353. The lowest BCUT2D eigenvalue weighted by Crippen LogP contribution is -2.28. The standard InChI is InChI=1S/C11H13ClN4O/c12-8-4-9(14-6-8)11-15-10(16-17-11)7-2-1-3-13-5-7/h4,6-7,13-14H,1-3,5H2/t7-/m0/s1. The van der Waals surface area contributed by atoms with Crippen molar-refractivity contribution in [1.29, 1.82) is 0 Å². The lowest BCUT2D eigenvalue weighted by Gasteiger charge is -2.19. The molecule has 0 spiro atoms. The lowest BCUT2D eigenvalue weighted by molar-refractivity contribution is 0.392. The summed E-state index contributed by atoms with van der Waals surface area (Å²) in [6, 6.07) is 1.78. The average molecular weight is 253 g/mol. The van der Waals surface area contributed by atoms with Gasteiger partial charge in [0, 0.05) is 18.7 Å². The Labute approximate surface area is 104 Å². The first kappa shape index (κ1) is 10.8. The zero-order valence-electron chi connectivity index (χ0n) is 9.24. The van der Waals surface area contributed by atoms with Crippen molar-refractivity contribution in [3.8, 4) is 11.6 Å². The van der Waals surface area contributed by atoms with Crippen LogP contribution < -0.4 is 5.32 Å². The monoisotopic (exact) mass is 252 g/mol. The van der Waals surface area contributed by atoms with Crippen LogP contribution in [0.1, 0.15) is 24.6 Å². The summed E-state index contributed by atoms with van der Waals surface area (Å²) in [5.74, 6) is 1.63. The van der Waals surface area contributed by atoms with Gasteiger partial charge in [-0.05, 0) is 25.5 Å². The van der Waals surface area contributed by atoms with E-state index < -0.39 is 0 Å². The Morgan fingerprint density at radius 1 is 1.47 bits per heavy atom. The van der Waals surface area contributed by atoms with Gasteiger partial charge in [-0.15, -0.1) is 0 Å². The molecule has 0 amide bonds. The summed E-state index contributed by atoms with van der Waals surface area (Å²) in [4.78, 5) is 7.40. The second-order valence-corrected chi connectivity index (χ2v) is 4.67. The van der Waals surface area contributed by atoms with Crippen LogP contribution in [0.4, 0.5) is 0 Å². The Bertz CT molecular complexity index is 501. The van der Waals surface area contributed by atoms with Gasteiger partial charge in [0.05, 0.1) is 5.02 Å². The van der Waals surface area contributed by atoms with Crippen LogP contribution in [0.2, 0.25) is 5.02 Å². The molecular formula is C11H13ClN4O. The fourth-order valence-electron chi connectivity index (χ4n) is 2.07. The van der Waals surface area contributed by atoms with E-state index in [2.05, 4.69) is 20.4 Å². The molecule has 0 radical (unpaired) electrons. The van der Waals surface area contributed by atoms with E-state index in [9.17, 15) is 0 Å². The molecule has 1 fully saturated rings. The number of aromatic nitrogens is 3. The quantitative estimate of drug-likeness (QED) is 0.860. The van der Waals surface area contributed by atoms with Crippen LogP contribution in [-0.2, 0) is 0 Å². The van der Waals surface area contributed by atoms with Crippen LogP contribution in [0.3, 0.4) is 0 Å². The third-order valence-electron chi connectivity index (χ3n) is 2.98. The summed E-state index contributed by atoms with van der Waals surface area (Å²) in [7, 11) is 0. The fourth-order valence-corrected chi connectivity index (χ4v) is 2.24. The number of hydrogen-bond acceptors (Lipinski definition) is 4. The highest BCUT2D eigenvalue weighted by molar-refractivity contribution is 6.30. The van der Waals surface area contributed by atoms with Crippen molar-refractivity contribution in [2.45, 2.75) is 18.8 Å². The SMILES string of the molecule is Clc1c[nH]c(-c2nc([C@H]3CCCNC3)no2)c1. The van der Waals surface area contributed by atoms with Gasteiger partial charge < -0.3 is 14.8 Å². The van der Waals surface area contributed by atoms with Gasteiger partial charge in [-0.1, -0.05) is 16.8 Å². The molecule has 3 rings (SSSR count). The average Bonchev–Trinajstić information content (AvgIpc) is 2.98. The second-order valence-electron chi connectivity index (χ2n) is 4.23. The topological polar surface area (TPSA) is 66.7 Å². The molecule has 0 saturated carbocycles. The van der Waals surface area contributed by atoms with Gasteiger partial charge in [0.15, 0.2) is 5.82 Å². The zero-order valence-corrected chi connectivity index (χ0v) is 10.00. The van der Waals surface area contributed by atoms with Gasteiger partial charge in [0.2, 0.25) is 0 Å². The molecular weight excluding hydrogens is 240 g/mol. The van der Waals surface area contributed by atoms with Crippen molar-refractivity contribution in [2.75, 3.05) is 13.1 Å². The number of piperidine rings is 1. The number of rotatable bonds is 2. The number of H-pyrrole nitrogens is 1. The van der Waals surface area contributed by atoms with E-state index in [1.807, 2.05) is 0 Å². The van der Waals surface area contributed by atoms with Crippen LogP contribution in [0.15, 0.2) is 16.8 Å². The van der Waals surface area contributed by atoms with Crippen molar-refractivity contribution >= 4 is 11.6 Å². The third kappa shape index (κ3) is 2.21. The van der Waals surface area contributed by atoms with E-state index >= 15 is 0 Å². The van der Waals surface area contributed by atoms with Gasteiger partial charge in [-0.25, -0.2) is 0 Å². The minimum Gasteiger partial charge on any atom is -0.356 e. The van der Waals surface area contributed by atoms with Crippen LogP contribution in [0.5, 0.6) is 0 Å². The first-order chi connectivity index (χ1) is 8.33. The highest BCUT2D eigenvalue weighted by Gasteiger charge is 2.21. The van der Waals surface area contributed by atoms with Crippen molar-refractivity contribution in [3.05, 3.63) is 23.1 Å². The molecule has 0 unspecified atom stereocenters. The van der Waals surface area contributed by atoms with Crippen molar-refractivity contribution in [3.63, 3.8) is 0 Å². The summed E-state index contributed by atoms with van der Waals surface area (Å²) in [5, 5.41) is 8.01. The molecule has 0 bridgehead atoms. The highest BCUT2D eigenvalue weighted by atomic mass is 35.5. The fraction of sp³-hybridized carbons (Fsp3) is 0.455. The normalized spacial score (nSPS) is 20.6. The molecule has 0 aliphatic carbocycles. The molecule has 1 aliphatic rings. The van der Waals surface area contributed by atoms with Crippen LogP contribution in [0, 0.1) is 0 Å². The van der Waals surface area contributed by atoms with Crippen molar-refractivity contribution in [2.24, 2.45) is 0 Å². The number of nitrogens with one attached hydrogen (secondary N) is 2. The molecule has 3 heterocycles. The lowest BCUT2D eigenvalue weighted by atomic mass is 9.99. The number of hydrogen-bond donors (Lipinski definition) is 2. The predicted octanol–water partition coefficient (Wildman–Crippen LogP) is 2.19. The molecule has 2 aromatic rings. The largest absolute Gasteiger partial charge is 0.356 e. The Morgan fingerprint density at radius 3 is 3.12 bits per heavy atom. The molecule has 2 N–H and O–H groups in total. The molecule has 1 aliphatic heterocycles. The maximum Gasteiger partial charge on any atom is 0.274 e. The van der Waals surface area contributed by atoms with Gasteiger partial charge in [-0.3, -0.25) is 0 Å². The van der Waals surface area contributed by atoms with Gasteiger partial charge in [-0.2, -0.15) is 4.98 Å². The molecule has 2 aromatic heterocycles. The van der Waals surface area contributed by atoms with E-state index in [1.54, 1.807) is 12.3 Å². The Balaban J connectivity index is 1.82. The smallest absolute Gasteiger partial charge is 0.274 e. The maximum absolute atomic E-state index is 5.83. The first-order valence-corrected chi connectivity index (χ1v) is 6.09. The molecule has 17 heavy (non-hydrogen) atoms. The first-order valence-electron chi connectivity index (χ1n) is 5.71. The third-order valence-corrected chi connectivity index (χ3v) is 3.20. The Kier molecular flexibility index (Phi) is 2.86. The summed E-state index contributed by atoms with van der Waals surface area (Å²) in [6.45, 7) is 2.00. The molecule has 1 atom stereocenters. The molecule has 5 nitrogen and oxygen atoms in total. The van der Waals surface area contributed by atoms with Gasteiger partial charge in [0.25, 0.3) is 5.89 Å². The summed E-state index contributed by atoms with van der Waals surface area (Å²) in [5.41, 5.74) is 0.762. The number of nitrogens with zero attached hydrogens (tertiary/aromatic N) is 2. The minimum atomic E-state index is 0.353. The summed E-state index contributed by atoms with van der Waals surface area (Å²) in [6.07, 6.45) is 3.96. The van der Waals surface area contributed by atoms with Crippen molar-refractivity contribution < 1.29 is 4.52 Å². The molecule has 90 valence electrons. The van der Waals surface area contributed by atoms with Crippen molar-refractivity contribution in [1.82, 2.24) is 20.4 Å². The number of aromatic amines is 1.